The summed E-state index contributed by atoms with van der Waals surface area (Å²) in [6.07, 6.45) is 3.39. The van der Waals surface area contributed by atoms with E-state index in [-0.39, 0.29) is 30.5 Å². The van der Waals surface area contributed by atoms with Crippen LogP contribution < -0.4 is 10.6 Å². The first kappa shape index (κ1) is 22.9. The summed E-state index contributed by atoms with van der Waals surface area (Å²) < 4.78 is 1.72. The Labute approximate surface area is 199 Å². The highest BCUT2D eigenvalue weighted by Gasteiger charge is 2.26. The molecular formula is C23H22ClN5O3S. The van der Waals surface area contributed by atoms with Crippen molar-refractivity contribution in [2.24, 2.45) is 5.41 Å². The zero-order valence-corrected chi connectivity index (χ0v) is 19.6. The highest BCUT2D eigenvalue weighted by Crippen LogP contribution is 2.27. The van der Waals surface area contributed by atoms with Crippen LogP contribution in [0.2, 0.25) is 5.02 Å². The van der Waals surface area contributed by atoms with Gasteiger partial charge in [0.25, 0.3) is 5.91 Å². The van der Waals surface area contributed by atoms with Gasteiger partial charge in [0.15, 0.2) is 0 Å². The Hall–Kier alpha value is -3.27. The quantitative estimate of drug-likeness (QED) is 0.368. The Balaban J connectivity index is 1.55. The van der Waals surface area contributed by atoms with E-state index in [2.05, 4.69) is 20.7 Å². The zero-order chi connectivity index (χ0) is 23.6. The number of carbonyl (C=O) groups excluding carboxylic acids is 2. The highest BCUT2D eigenvalue weighted by molar-refractivity contribution is 7.12. The maximum absolute atomic E-state index is 13.1. The van der Waals surface area contributed by atoms with E-state index in [9.17, 15) is 14.7 Å². The van der Waals surface area contributed by atoms with Gasteiger partial charge in [-0.15, -0.1) is 11.3 Å². The van der Waals surface area contributed by atoms with Crippen LogP contribution in [-0.4, -0.2) is 38.3 Å². The van der Waals surface area contributed by atoms with Crippen molar-refractivity contribution in [3.05, 3.63) is 70.3 Å². The normalized spacial score (nSPS) is 11.5. The largest absolute Gasteiger partial charge is 0.395 e. The van der Waals surface area contributed by atoms with Gasteiger partial charge in [0.05, 0.1) is 40.0 Å². The third-order valence-corrected chi connectivity index (χ3v) is 6.28. The number of hydrogen-bond acceptors (Lipinski definition) is 6. The summed E-state index contributed by atoms with van der Waals surface area (Å²) in [6, 6.07) is 10.5. The molecule has 4 aromatic rings. The third-order valence-electron chi connectivity index (χ3n) is 5.20. The molecule has 2 amide bonds. The summed E-state index contributed by atoms with van der Waals surface area (Å²) in [4.78, 5) is 29.6. The van der Waals surface area contributed by atoms with Gasteiger partial charge in [0.2, 0.25) is 11.0 Å². The molecule has 0 saturated heterocycles. The van der Waals surface area contributed by atoms with Crippen LogP contribution in [0.3, 0.4) is 0 Å². The first-order valence-corrected chi connectivity index (χ1v) is 11.4. The SMILES string of the molecule is CC(C)(CO)C(=O)NCc1ccc(Cl)c(C(=O)Nc2cccc3c2cnn3-c2nccs2)c1. The van der Waals surface area contributed by atoms with Crippen LogP contribution in [0.15, 0.2) is 54.2 Å². The van der Waals surface area contributed by atoms with Crippen molar-refractivity contribution in [3.63, 3.8) is 0 Å². The molecule has 0 saturated carbocycles. The van der Waals surface area contributed by atoms with Crippen LogP contribution >= 0.6 is 22.9 Å². The number of rotatable bonds is 7. The molecule has 2 aromatic heterocycles. The van der Waals surface area contributed by atoms with E-state index in [1.165, 1.54) is 11.3 Å². The molecule has 0 aliphatic heterocycles. The molecule has 170 valence electrons. The van der Waals surface area contributed by atoms with Crippen molar-refractivity contribution in [1.82, 2.24) is 20.1 Å². The van der Waals surface area contributed by atoms with Crippen LogP contribution in [0.5, 0.6) is 0 Å². The lowest BCUT2D eigenvalue weighted by Gasteiger charge is -2.20. The summed E-state index contributed by atoms with van der Waals surface area (Å²) in [7, 11) is 0. The summed E-state index contributed by atoms with van der Waals surface area (Å²) in [5.41, 5.74) is 1.51. The van der Waals surface area contributed by atoms with E-state index in [1.807, 2.05) is 17.5 Å². The van der Waals surface area contributed by atoms with Crippen LogP contribution in [0.4, 0.5) is 5.69 Å². The number of aliphatic hydroxyl groups is 1. The van der Waals surface area contributed by atoms with E-state index in [0.717, 1.165) is 16.0 Å². The number of amides is 2. The molecule has 0 atom stereocenters. The second-order valence-corrected chi connectivity index (χ2v) is 9.38. The number of halogens is 1. The molecule has 4 rings (SSSR count). The molecule has 0 bridgehead atoms. The number of nitrogens with one attached hydrogen (secondary N) is 2. The number of hydrogen-bond donors (Lipinski definition) is 3. The molecule has 2 aromatic carbocycles. The molecule has 2 heterocycles. The minimum Gasteiger partial charge on any atom is -0.395 e. The van der Waals surface area contributed by atoms with Crippen molar-refractivity contribution in [2.75, 3.05) is 11.9 Å². The lowest BCUT2D eigenvalue weighted by atomic mass is 9.93. The predicted molar refractivity (Wildman–Crippen MR) is 129 cm³/mol. The number of anilines is 1. The molecular weight excluding hydrogens is 462 g/mol. The van der Waals surface area contributed by atoms with Crippen LogP contribution in [0, 0.1) is 5.41 Å². The number of thiazole rings is 1. The van der Waals surface area contributed by atoms with Crippen molar-refractivity contribution in [3.8, 4) is 5.13 Å². The van der Waals surface area contributed by atoms with E-state index in [1.54, 1.807) is 55.2 Å². The predicted octanol–water partition coefficient (Wildman–Crippen LogP) is 4.02. The Morgan fingerprint density at radius 2 is 2.06 bits per heavy atom. The lowest BCUT2D eigenvalue weighted by Crippen LogP contribution is -2.38. The maximum Gasteiger partial charge on any atom is 0.257 e. The molecule has 33 heavy (non-hydrogen) atoms. The Kier molecular flexibility index (Phi) is 6.46. The van der Waals surface area contributed by atoms with Gasteiger partial charge in [-0.05, 0) is 43.7 Å². The number of carbonyl (C=O) groups is 2. The monoisotopic (exact) mass is 483 g/mol. The first-order chi connectivity index (χ1) is 15.8. The fourth-order valence-corrected chi connectivity index (χ4v) is 3.99. The fraction of sp³-hybridized carbons (Fsp3) is 0.217. The number of nitrogens with zero attached hydrogens (tertiary/aromatic N) is 3. The number of aromatic nitrogens is 3. The Bertz CT molecular complexity index is 1320. The minimum atomic E-state index is -0.894. The number of benzene rings is 2. The molecule has 10 heteroatoms. The van der Waals surface area contributed by atoms with Crippen LogP contribution in [-0.2, 0) is 11.3 Å². The second kappa shape index (κ2) is 9.30. The molecule has 0 fully saturated rings. The van der Waals surface area contributed by atoms with Crippen molar-refractivity contribution >= 4 is 51.3 Å². The average molecular weight is 484 g/mol. The van der Waals surface area contributed by atoms with Gasteiger partial charge < -0.3 is 15.7 Å². The van der Waals surface area contributed by atoms with Crippen molar-refractivity contribution < 1.29 is 14.7 Å². The highest BCUT2D eigenvalue weighted by atomic mass is 35.5. The molecule has 0 aliphatic carbocycles. The summed E-state index contributed by atoms with van der Waals surface area (Å²) in [6.45, 7) is 3.24. The Morgan fingerprint density at radius 3 is 2.79 bits per heavy atom. The molecule has 0 aliphatic rings. The maximum atomic E-state index is 13.1. The summed E-state index contributed by atoms with van der Waals surface area (Å²) in [5.74, 6) is -0.659. The topological polar surface area (TPSA) is 109 Å². The first-order valence-electron chi connectivity index (χ1n) is 10.2. The minimum absolute atomic E-state index is 0.204. The zero-order valence-electron chi connectivity index (χ0n) is 18.0. The lowest BCUT2D eigenvalue weighted by molar-refractivity contribution is -0.131. The van der Waals surface area contributed by atoms with Crippen molar-refractivity contribution in [1.29, 1.82) is 0 Å². The van der Waals surface area contributed by atoms with Gasteiger partial charge in [-0.2, -0.15) is 5.10 Å². The van der Waals surface area contributed by atoms with E-state index < -0.39 is 5.41 Å². The third kappa shape index (κ3) is 4.75. The molecule has 0 radical (unpaired) electrons. The van der Waals surface area contributed by atoms with E-state index in [0.29, 0.717) is 16.3 Å². The van der Waals surface area contributed by atoms with Gasteiger partial charge in [-0.3, -0.25) is 9.59 Å². The van der Waals surface area contributed by atoms with Crippen LogP contribution in [0.1, 0.15) is 29.8 Å². The van der Waals surface area contributed by atoms with Gasteiger partial charge in [0.1, 0.15) is 0 Å². The molecule has 3 N–H and O–H groups in total. The summed E-state index contributed by atoms with van der Waals surface area (Å²) >= 11 is 7.77. The fourth-order valence-electron chi connectivity index (χ4n) is 3.17. The molecule has 0 unspecified atom stereocenters. The summed E-state index contributed by atoms with van der Waals surface area (Å²) in [5, 5.41) is 23.1. The van der Waals surface area contributed by atoms with Gasteiger partial charge in [0, 0.05) is 23.5 Å². The average Bonchev–Trinajstić information content (AvgIpc) is 3.48. The van der Waals surface area contributed by atoms with Gasteiger partial charge in [-0.1, -0.05) is 23.7 Å². The second-order valence-electron chi connectivity index (χ2n) is 8.10. The van der Waals surface area contributed by atoms with Gasteiger partial charge in [-0.25, -0.2) is 9.67 Å². The van der Waals surface area contributed by atoms with E-state index in [4.69, 9.17) is 11.6 Å². The standard InChI is InChI=1S/C23H22ClN5O3S/c1-23(2,13-30)21(32)26-11-14-6-7-17(24)15(10-14)20(31)28-18-4-3-5-19-16(18)12-27-29(19)22-25-8-9-33-22/h3-10,12,30H,11,13H2,1-2H3,(H,26,32)(H,28,31). The van der Waals surface area contributed by atoms with E-state index >= 15 is 0 Å². The molecule has 0 spiro atoms. The number of fused-ring (bicyclic) bond motifs is 1. The Morgan fingerprint density at radius 1 is 1.24 bits per heavy atom. The van der Waals surface area contributed by atoms with Crippen LogP contribution in [0.25, 0.3) is 16.0 Å². The number of aliphatic hydroxyl groups excluding tert-OH is 1. The smallest absolute Gasteiger partial charge is 0.257 e. The van der Waals surface area contributed by atoms with Crippen molar-refractivity contribution in [2.45, 2.75) is 20.4 Å². The molecule has 8 nitrogen and oxygen atoms in total. The van der Waals surface area contributed by atoms with Gasteiger partial charge >= 0.3 is 0 Å².